The van der Waals surface area contributed by atoms with Crippen molar-refractivity contribution in [1.82, 2.24) is 9.88 Å². The molecule has 1 aromatic heterocycles. The van der Waals surface area contributed by atoms with E-state index < -0.39 is 0 Å². The average molecular weight is 285 g/mol. The van der Waals surface area contributed by atoms with E-state index in [1.165, 1.54) is 4.90 Å². The zero-order valence-electron chi connectivity index (χ0n) is 12.4. The van der Waals surface area contributed by atoms with Crippen LogP contribution in [0, 0.1) is 6.92 Å². The highest BCUT2D eigenvalue weighted by Crippen LogP contribution is 2.18. The molecule has 0 aliphatic rings. The van der Waals surface area contributed by atoms with Crippen LogP contribution in [0.5, 0.6) is 5.75 Å². The minimum absolute atomic E-state index is 0.0461. The number of aryl methyl sites for hydroxylation is 1. The lowest BCUT2D eigenvalue weighted by Gasteiger charge is -2.12. The van der Waals surface area contributed by atoms with Gasteiger partial charge >= 0.3 is 0 Å². The van der Waals surface area contributed by atoms with Crippen LogP contribution in [-0.4, -0.2) is 35.0 Å². The molecule has 0 bridgehead atoms. The van der Waals surface area contributed by atoms with Gasteiger partial charge in [0.1, 0.15) is 11.4 Å². The molecule has 110 valence electrons. The maximum atomic E-state index is 11.9. The fourth-order valence-corrected chi connectivity index (χ4v) is 1.94. The lowest BCUT2D eigenvalue weighted by molar-refractivity contribution is 0.0827. The van der Waals surface area contributed by atoms with Crippen LogP contribution in [0.25, 0.3) is 0 Å². The lowest BCUT2D eigenvalue weighted by Crippen LogP contribution is -2.21. The number of hydrogen-bond donors (Lipinski definition) is 2. The molecule has 0 aliphatic heterocycles. The Morgan fingerprint density at radius 1 is 1.29 bits per heavy atom. The summed E-state index contributed by atoms with van der Waals surface area (Å²) >= 11 is 0. The molecule has 2 rings (SSSR count). The van der Waals surface area contributed by atoms with Crippen molar-refractivity contribution in [2.24, 2.45) is 0 Å². The maximum absolute atomic E-state index is 11.9. The van der Waals surface area contributed by atoms with Gasteiger partial charge < -0.3 is 15.3 Å². The van der Waals surface area contributed by atoms with E-state index in [-0.39, 0.29) is 11.7 Å². The topological polar surface area (TPSA) is 65.5 Å². The molecule has 0 saturated heterocycles. The Labute approximate surface area is 124 Å². The summed E-state index contributed by atoms with van der Waals surface area (Å²) in [6.45, 7) is 2.27. The summed E-state index contributed by atoms with van der Waals surface area (Å²) < 4.78 is 0. The Morgan fingerprint density at radius 2 is 2.05 bits per heavy atom. The Hall–Kier alpha value is -2.56. The molecule has 0 spiro atoms. The minimum atomic E-state index is -0.0461. The lowest BCUT2D eigenvalue weighted by atomic mass is 10.1. The molecule has 2 aromatic rings. The van der Waals surface area contributed by atoms with E-state index in [9.17, 15) is 9.90 Å². The fourth-order valence-electron chi connectivity index (χ4n) is 1.94. The van der Waals surface area contributed by atoms with E-state index in [1.54, 1.807) is 38.4 Å². The first kappa shape index (κ1) is 14.8. The van der Waals surface area contributed by atoms with Gasteiger partial charge in [-0.2, -0.15) is 0 Å². The van der Waals surface area contributed by atoms with Gasteiger partial charge in [-0.15, -0.1) is 0 Å². The summed E-state index contributed by atoms with van der Waals surface area (Å²) in [5.74, 6) is 0.115. The molecule has 5 nitrogen and oxygen atoms in total. The van der Waals surface area contributed by atoms with Crippen LogP contribution >= 0.6 is 0 Å². The summed E-state index contributed by atoms with van der Waals surface area (Å²) in [4.78, 5) is 17.7. The van der Waals surface area contributed by atoms with E-state index in [1.807, 2.05) is 19.1 Å². The largest absolute Gasteiger partial charge is 0.506 e. The minimum Gasteiger partial charge on any atom is -0.506 e. The van der Waals surface area contributed by atoms with E-state index >= 15 is 0 Å². The molecule has 0 aliphatic carbocycles. The highest BCUT2D eigenvalue weighted by Gasteiger charge is 2.08. The third-order valence-corrected chi connectivity index (χ3v) is 3.07. The van der Waals surface area contributed by atoms with Crippen molar-refractivity contribution in [3.63, 3.8) is 0 Å². The van der Waals surface area contributed by atoms with Crippen LogP contribution in [0.3, 0.4) is 0 Å². The van der Waals surface area contributed by atoms with Crippen molar-refractivity contribution in [1.29, 1.82) is 0 Å². The third kappa shape index (κ3) is 3.72. The molecule has 0 radical (unpaired) electrons. The van der Waals surface area contributed by atoms with Crippen LogP contribution in [0.2, 0.25) is 0 Å². The molecule has 21 heavy (non-hydrogen) atoms. The number of nitrogens with zero attached hydrogens (tertiary/aromatic N) is 2. The molecule has 0 atom stereocenters. The zero-order chi connectivity index (χ0) is 15.4. The van der Waals surface area contributed by atoms with E-state index in [2.05, 4.69) is 10.3 Å². The first-order chi connectivity index (χ1) is 9.97. The van der Waals surface area contributed by atoms with E-state index in [0.29, 0.717) is 17.8 Å². The number of pyridine rings is 1. The summed E-state index contributed by atoms with van der Waals surface area (Å²) in [6.07, 6.45) is 0. The highest BCUT2D eigenvalue weighted by atomic mass is 16.3. The number of nitrogens with one attached hydrogen (secondary N) is 1. The van der Waals surface area contributed by atoms with Gasteiger partial charge in [-0.05, 0) is 37.3 Å². The summed E-state index contributed by atoms with van der Waals surface area (Å²) in [5.41, 5.74) is 2.86. The quantitative estimate of drug-likeness (QED) is 0.905. The molecular formula is C16H19N3O2. The molecular weight excluding hydrogens is 266 g/mol. The first-order valence-electron chi connectivity index (χ1n) is 6.68. The normalized spacial score (nSPS) is 10.2. The van der Waals surface area contributed by atoms with Crippen molar-refractivity contribution in [3.8, 4) is 5.75 Å². The Balaban J connectivity index is 2.12. The molecule has 1 heterocycles. The molecule has 1 aromatic carbocycles. The second-order valence-electron chi connectivity index (χ2n) is 5.05. The van der Waals surface area contributed by atoms with Gasteiger partial charge in [0.15, 0.2) is 0 Å². The Kier molecular flexibility index (Phi) is 4.42. The number of anilines is 1. The van der Waals surface area contributed by atoms with Gasteiger partial charge in [0.05, 0.1) is 6.54 Å². The fraction of sp³-hybridized carbons (Fsp3) is 0.250. The number of amides is 1. The van der Waals surface area contributed by atoms with Gasteiger partial charge in [-0.25, -0.2) is 0 Å². The van der Waals surface area contributed by atoms with Crippen LogP contribution in [0.4, 0.5) is 5.69 Å². The van der Waals surface area contributed by atoms with Crippen LogP contribution in [0.15, 0.2) is 36.4 Å². The van der Waals surface area contributed by atoms with Crippen LogP contribution in [-0.2, 0) is 6.54 Å². The molecule has 5 heteroatoms. The van der Waals surface area contributed by atoms with Crippen molar-refractivity contribution < 1.29 is 9.90 Å². The van der Waals surface area contributed by atoms with Crippen LogP contribution in [0.1, 0.15) is 21.7 Å². The standard InChI is InChI=1S/C16H19N3O2/c1-11-7-8-15(20)14(18-11)10-17-13-6-4-5-12(9-13)16(21)19(2)3/h4-9,17,20H,10H2,1-3H3. The Morgan fingerprint density at radius 3 is 2.76 bits per heavy atom. The van der Waals surface area contributed by atoms with E-state index in [4.69, 9.17) is 0 Å². The van der Waals surface area contributed by atoms with Gasteiger partial charge in [-0.3, -0.25) is 9.78 Å². The second-order valence-corrected chi connectivity index (χ2v) is 5.05. The molecule has 0 saturated carbocycles. The zero-order valence-corrected chi connectivity index (χ0v) is 12.4. The average Bonchev–Trinajstić information content (AvgIpc) is 2.47. The number of hydrogen-bond acceptors (Lipinski definition) is 4. The number of aromatic nitrogens is 1. The van der Waals surface area contributed by atoms with Gasteiger partial charge in [0, 0.05) is 31.0 Å². The maximum Gasteiger partial charge on any atom is 0.253 e. The number of rotatable bonds is 4. The van der Waals surface area contributed by atoms with Crippen molar-refractivity contribution in [3.05, 3.63) is 53.3 Å². The molecule has 0 unspecified atom stereocenters. The van der Waals surface area contributed by atoms with Crippen molar-refractivity contribution >= 4 is 11.6 Å². The number of benzene rings is 1. The molecule has 2 N–H and O–H groups in total. The SMILES string of the molecule is Cc1ccc(O)c(CNc2cccc(C(=O)N(C)C)c2)n1. The third-order valence-electron chi connectivity index (χ3n) is 3.07. The highest BCUT2D eigenvalue weighted by molar-refractivity contribution is 5.94. The summed E-state index contributed by atoms with van der Waals surface area (Å²) in [5, 5.41) is 12.9. The second kappa shape index (κ2) is 6.26. The van der Waals surface area contributed by atoms with Gasteiger partial charge in [-0.1, -0.05) is 6.07 Å². The predicted octanol–water partition coefficient (Wildman–Crippen LogP) is 2.41. The first-order valence-corrected chi connectivity index (χ1v) is 6.68. The number of carbonyl (C=O) groups excluding carboxylic acids is 1. The van der Waals surface area contributed by atoms with Crippen molar-refractivity contribution in [2.75, 3.05) is 19.4 Å². The molecule has 1 amide bonds. The molecule has 0 fully saturated rings. The van der Waals surface area contributed by atoms with Gasteiger partial charge in [0.2, 0.25) is 0 Å². The number of aromatic hydroxyl groups is 1. The predicted molar refractivity (Wildman–Crippen MR) is 82.4 cm³/mol. The monoisotopic (exact) mass is 285 g/mol. The van der Waals surface area contributed by atoms with Crippen LogP contribution < -0.4 is 5.32 Å². The summed E-state index contributed by atoms with van der Waals surface area (Å²) in [6, 6.07) is 10.6. The van der Waals surface area contributed by atoms with Crippen molar-refractivity contribution in [2.45, 2.75) is 13.5 Å². The summed E-state index contributed by atoms with van der Waals surface area (Å²) in [7, 11) is 3.44. The smallest absolute Gasteiger partial charge is 0.253 e. The number of carbonyl (C=O) groups is 1. The Bertz CT molecular complexity index is 654. The van der Waals surface area contributed by atoms with E-state index in [0.717, 1.165) is 11.4 Å². The van der Waals surface area contributed by atoms with Gasteiger partial charge in [0.25, 0.3) is 5.91 Å².